The number of aromatic hydroxyl groups is 1. The number of benzene rings is 2. The van der Waals surface area contributed by atoms with Gasteiger partial charge in [0.1, 0.15) is 0 Å². The number of nitrogens with one attached hydrogen (secondary N) is 1. The highest BCUT2D eigenvalue weighted by molar-refractivity contribution is 6.10. The Morgan fingerprint density at radius 1 is 0.907 bits per heavy atom. The maximum absolute atomic E-state index is 12.3. The van der Waals surface area contributed by atoms with Crippen LogP contribution in [-0.2, 0) is 23.9 Å². The van der Waals surface area contributed by atoms with Crippen LogP contribution in [0.15, 0.2) is 53.7 Å². The van der Waals surface area contributed by atoms with Crippen LogP contribution in [0.5, 0.6) is 23.0 Å². The number of phenols is 1. The lowest BCUT2D eigenvalue weighted by Gasteiger charge is -2.10. The Morgan fingerprint density at radius 3 is 2.21 bits per heavy atom. The Hall–Kier alpha value is -5.13. The van der Waals surface area contributed by atoms with Gasteiger partial charge in [-0.15, -0.1) is 0 Å². The van der Waals surface area contributed by atoms with Gasteiger partial charge in [-0.3, -0.25) is 19.2 Å². The fourth-order valence-electron chi connectivity index (χ4n) is 3.51. The molecule has 1 amide bonds. The smallest absolute Gasteiger partial charge is 0.311 e. The van der Waals surface area contributed by atoms with Crippen molar-refractivity contribution in [2.24, 2.45) is 5.11 Å². The molecule has 13 nitrogen and oxygen atoms in total. The Labute approximate surface area is 248 Å². The van der Waals surface area contributed by atoms with Gasteiger partial charge in [-0.05, 0) is 59.5 Å². The van der Waals surface area contributed by atoms with Crippen LogP contribution < -0.4 is 19.5 Å². The number of methoxy groups -OCH3 is 2. The summed E-state index contributed by atoms with van der Waals surface area (Å²) in [4.78, 5) is 51.2. The summed E-state index contributed by atoms with van der Waals surface area (Å²) in [7, 11) is 2.82. The first kappa shape index (κ1) is 34.1. The number of rotatable bonds is 19. The van der Waals surface area contributed by atoms with E-state index in [9.17, 15) is 24.3 Å². The Balaban J connectivity index is 1.78. The van der Waals surface area contributed by atoms with Gasteiger partial charge >= 0.3 is 5.97 Å². The number of ketones is 2. The number of carbonyl (C=O) groups is 4. The van der Waals surface area contributed by atoms with Crippen LogP contribution in [0.1, 0.15) is 36.8 Å². The molecule has 0 aliphatic heterocycles. The van der Waals surface area contributed by atoms with Crippen molar-refractivity contribution in [1.82, 2.24) is 5.32 Å². The van der Waals surface area contributed by atoms with Crippen molar-refractivity contribution in [1.29, 1.82) is 0 Å². The van der Waals surface area contributed by atoms with Gasteiger partial charge in [0.15, 0.2) is 34.6 Å². The van der Waals surface area contributed by atoms with Crippen LogP contribution >= 0.6 is 0 Å². The highest BCUT2D eigenvalue weighted by Crippen LogP contribution is 2.29. The molecule has 0 aliphatic carbocycles. The normalized spacial score (nSPS) is 10.7. The highest BCUT2D eigenvalue weighted by atomic mass is 16.6. The first-order chi connectivity index (χ1) is 20.7. The van der Waals surface area contributed by atoms with Gasteiger partial charge in [0.2, 0.25) is 5.91 Å². The molecule has 0 saturated carbocycles. The number of amides is 1. The minimum atomic E-state index is -0.539. The van der Waals surface area contributed by atoms with Gasteiger partial charge in [-0.2, -0.15) is 0 Å². The second-order valence-corrected chi connectivity index (χ2v) is 8.86. The molecule has 2 aromatic rings. The van der Waals surface area contributed by atoms with E-state index in [4.69, 9.17) is 24.5 Å². The van der Waals surface area contributed by atoms with E-state index in [0.717, 1.165) is 0 Å². The van der Waals surface area contributed by atoms with Crippen LogP contribution in [0, 0.1) is 0 Å². The Morgan fingerprint density at radius 2 is 1.56 bits per heavy atom. The zero-order valence-electron chi connectivity index (χ0n) is 24.0. The van der Waals surface area contributed by atoms with Crippen molar-refractivity contribution in [2.45, 2.75) is 25.7 Å². The summed E-state index contributed by atoms with van der Waals surface area (Å²) in [6, 6.07) is 9.34. The summed E-state index contributed by atoms with van der Waals surface area (Å²) >= 11 is 0. The van der Waals surface area contributed by atoms with Gasteiger partial charge < -0.3 is 29.4 Å². The number of nitrogens with zero attached hydrogens (tertiary/aromatic N) is 3. The molecule has 2 rings (SSSR count). The lowest BCUT2D eigenvalue weighted by molar-refractivity contribution is -0.134. The molecular formula is C30H34N4O9. The second-order valence-electron chi connectivity index (χ2n) is 8.86. The largest absolute Gasteiger partial charge is 0.504 e. The quantitative estimate of drug-likeness (QED) is 0.0352. The van der Waals surface area contributed by atoms with Crippen molar-refractivity contribution in [2.75, 3.05) is 40.5 Å². The van der Waals surface area contributed by atoms with E-state index < -0.39 is 17.5 Å². The average molecular weight is 595 g/mol. The number of ether oxygens (including phenoxy) is 4. The van der Waals surface area contributed by atoms with Crippen molar-refractivity contribution in [3.63, 3.8) is 0 Å². The molecule has 0 atom stereocenters. The molecule has 2 aromatic carbocycles. The molecule has 0 aromatic heterocycles. The maximum atomic E-state index is 12.3. The summed E-state index contributed by atoms with van der Waals surface area (Å²) in [6.07, 6.45) is 5.69. The van der Waals surface area contributed by atoms with Crippen LogP contribution in [0.25, 0.3) is 22.6 Å². The summed E-state index contributed by atoms with van der Waals surface area (Å²) in [5.41, 5.74) is 9.38. The molecule has 0 bridgehead atoms. The van der Waals surface area contributed by atoms with Gasteiger partial charge in [0, 0.05) is 30.8 Å². The SMILES string of the molecule is COc1cc(C=CC(=O)CC(=O)C=Cc2ccc(OC(=O)CCCC(=O)NCCOCCN=[N+]=[N-])c(OC)c2)ccc1O. The van der Waals surface area contributed by atoms with Crippen LogP contribution in [0.2, 0.25) is 0 Å². The van der Waals surface area contributed by atoms with Crippen molar-refractivity contribution >= 4 is 35.6 Å². The Bertz CT molecular complexity index is 1380. The molecule has 0 unspecified atom stereocenters. The van der Waals surface area contributed by atoms with Gasteiger partial charge in [0.25, 0.3) is 0 Å². The number of allylic oxidation sites excluding steroid dienone is 2. The van der Waals surface area contributed by atoms with Crippen LogP contribution in [0.4, 0.5) is 0 Å². The monoisotopic (exact) mass is 594 g/mol. The van der Waals surface area contributed by atoms with E-state index in [1.807, 2.05) is 0 Å². The number of esters is 1. The minimum Gasteiger partial charge on any atom is -0.504 e. The third-order valence-electron chi connectivity index (χ3n) is 5.64. The van der Waals surface area contributed by atoms with Gasteiger partial charge in [-0.1, -0.05) is 29.4 Å². The van der Waals surface area contributed by atoms with E-state index in [-0.39, 0.29) is 74.3 Å². The zero-order valence-corrected chi connectivity index (χ0v) is 24.0. The average Bonchev–Trinajstić information content (AvgIpc) is 2.99. The predicted octanol–water partition coefficient (Wildman–Crippen LogP) is 4.18. The highest BCUT2D eigenvalue weighted by Gasteiger charge is 2.12. The third-order valence-corrected chi connectivity index (χ3v) is 5.64. The molecule has 43 heavy (non-hydrogen) atoms. The lowest BCUT2D eigenvalue weighted by atomic mass is 10.1. The molecule has 0 fully saturated rings. The molecule has 0 aliphatic rings. The molecule has 0 radical (unpaired) electrons. The first-order valence-corrected chi connectivity index (χ1v) is 13.3. The molecule has 228 valence electrons. The maximum Gasteiger partial charge on any atom is 0.311 e. The van der Waals surface area contributed by atoms with Gasteiger partial charge in [0.05, 0.1) is 33.9 Å². The van der Waals surface area contributed by atoms with Crippen molar-refractivity contribution < 1.29 is 43.2 Å². The molecule has 0 saturated heterocycles. The number of hydrogen-bond acceptors (Lipinski definition) is 10. The summed E-state index contributed by atoms with van der Waals surface area (Å²) in [6.45, 7) is 1.07. The van der Waals surface area contributed by atoms with E-state index in [1.165, 1.54) is 50.7 Å². The standard InChI is InChI=1S/C30H34N4O9/c1-40-27-18-21(8-12-25(27)37)6-10-23(35)20-24(36)11-7-22-9-13-26(28(19-22)41-2)43-30(39)5-3-4-29(38)32-14-16-42-17-15-33-34-31/h6-13,18-19,37H,3-5,14-17,20H2,1-2H3,(H,32,38). The summed E-state index contributed by atoms with van der Waals surface area (Å²) in [5.74, 6) is -0.874. The van der Waals surface area contributed by atoms with Crippen LogP contribution in [0.3, 0.4) is 0 Å². The van der Waals surface area contributed by atoms with Crippen molar-refractivity contribution in [3.05, 3.63) is 70.1 Å². The van der Waals surface area contributed by atoms with Crippen LogP contribution in [-0.4, -0.2) is 69.1 Å². The van der Waals surface area contributed by atoms with E-state index in [2.05, 4.69) is 15.3 Å². The lowest BCUT2D eigenvalue weighted by Crippen LogP contribution is -2.27. The Kier molecular flexibility index (Phi) is 15.1. The number of hydrogen-bond donors (Lipinski definition) is 2. The number of azide groups is 1. The van der Waals surface area contributed by atoms with E-state index in [0.29, 0.717) is 17.7 Å². The van der Waals surface area contributed by atoms with Gasteiger partial charge in [-0.25, -0.2) is 0 Å². The molecular weight excluding hydrogens is 560 g/mol. The fraction of sp³-hybridized carbons (Fsp3) is 0.333. The molecule has 0 heterocycles. The molecule has 2 N–H and O–H groups in total. The van der Waals surface area contributed by atoms with Crippen molar-refractivity contribution in [3.8, 4) is 23.0 Å². The predicted molar refractivity (Wildman–Crippen MR) is 158 cm³/mol. The molecule has 13 heteroatoms. The molecule has 0 spiro atoms. The number of carbonyl (C=O) groups excluding carboxylic acids is 4. The summed E-state index contributed by atoms with van der Waals surface area (Å²) in [5, 5.41) is 15.6. The first-order valence-electron chi connectivity index (χ1n) is 13.3. The third kappa shape index (κ3) is 13.4. The second kappa shape index (κ2) is 19.1. The summed E-state index contributed by atoms with van der Waals surface area (Å²) < 4.78 is 20.9. The van der Waals surface area contributed by atoms with E-state index >= 15 is 0 Å². The minimum absolute atomic E-state index is 0.0121. The fourth-order valence-corrected chi connectivity index (χ4v) is 3.51. The topological polar surface area (TPSA) is 186 Å². The number of phenolic OH excluding ortho intramolecular Hbond substituents is 1. The van der Waals surface area contributed by atoms with E-state index in [1.54, 1.807) is 24.3 Å². The zero-order chi connectivity index (χ0) is 31.5.